The number of nitrogens with zero attached hydrogens (tertiary/aromatic N) is 2. The predicted octanol–water partition coefficient (Wildman–Crippen LogP) is 2.62. The highest BCUT2D eigenvalue weighted by Gasteiger charge is 2.36. The van der Waals surface area contributed by atoms with Gasteiger partial charge in [0.1, 0.15) is 5.82 Å². The van der Waals surface area contributed by atoms with E-state index >= 15 is 0 Å². The molecule has 3 fully saturated rings. The number of carbonyl (C=O) groups is 4. The van der Waals surface area contributed by atoms with Gasteiger partial charge in [0.2, 0.25) is 17.7 Å². The van der Waals surface area contributed by atoms with Crippen molar-refractivity contribution >= 4 is 29.5 Å². The quantitative estimate of drug-likeness (QED) is 0.451. The first-order chi connectivity index (χ1) is 16.8. The van der Waals surface area contributed by atoms with E-state index in [0.29, 0.717) is 44.9 Å². The summed E-state index contributed by atoms with van der Waals surface area (Å²) in [6.45, 7) is 5.54. The number of piperidine rings is 1. The van der Waals surface area contributed by atoms with Crippen molar-refractivity contribution in [2.24, 2.45) is 17.8 Å². The zero-order valence-corrected chi connectivity index (χ0v) is 20.6. The molecule has 3 aliphatic rings. The second kappa shape index (κ2) is 11.2. The molecule has 1 unspecified atom stereocenters. The van der Waals surface area contributed by atoms with Gasteiger partial charge in [-0.1, -0.05) is 19.9 Å². The van der Waals surface area contributed by atoms with Crippen LogP contribution in [0.15, 0.2) is 18.3 Å². The maximum atomic E-state index is 13.0. The third-order valence-corrected chi connectivity index (χ3v) is 7.25. The van der Waals surface area contributed by atoms with Crippen LogP contribution in [0.4, 0.5) is 5.82 Å². The first kappa shape index (κ1) is 25.1. The second-order valence-electron chi connectivity index (χ2n) is 10.5. The van der Waals surface area contributed by atoms with Crippen molar-refractivity contribution in [3.63, 3.8) is 0 Å². The van der Waals surface area contributed by atoms with Gasteiger partial charge in [-0.15, -0.1) is 0 Å². The number of imide groups is 1. The number of hydrogen-bond donors (Lipinski definition) is 2. The molecule has 1 aromatic heterocycles. The minimum atomic E-state index is -0.335. The number of ether oxygens (including phenoxy) is 1. The zero-order valence-electron chi connectivity index (χ0n) is 20.6. The van der Waals surface area contributed by atoms with E-state index in [0.717, 1.165) is 37.1 Å². The summed E-state index contributed by atoms with van der Waals surface area (Å²) >= 11 is 0. The number of pyridine rings is 1. The lowest BCUT2D eigenvalue weighted by Crippen LogP contribution is -2.39. The molecule has 190 valence electrons. The van der Waals surface area contributed by atoms with E-state index in [1.807, 2.05) is 30.9 Å². The van der Waals surface area contributed by atoms with E-state index in [1.165, 1.54) is 0 Å². The van der Waals surface area contributed by atoms with Crippen LogP contribution in [-0.2, 0) is 23.9 Å². The fourth-order valence-corrected chi connectivity index (χ4v) is 5.18. The number of esters is 1. The van der Waals surface area contributed by atoms with Crippen molar-refractivity contribution in [1.82, 2.24) is 15.2 Å². The minimum Gasteiger partial charge on any atom is -0.465 e. The van der Waals surface area contributed by atoms with E-state index < -0.39 is 0 Å². The molecule has 1 saturated carbocycles. The van der Waals surface area contributed by atoms with Crippen molar-refractivity contribution in [2.45, 2.75) is 70.8 Å². The number of carbonyl (C=O) groups excluding carboxylic acids is 4. The zero-order chi connectivity index (χ0) is 24.9. The smallest absolute Gasteiger partial charge is 0.310 e. The summed E-state index contributed by atoms with van der Waals surface area (Å²) < 4.78 is 5.36. The van der Waals surface area contributed by atoms with Gasteiger partial charge < -0.3 is 15.0 Å². The Morgan fingerprint density at radius 3 is 2.54 bits per heavy atom. The molecule has 0 aromatic carbocycles. The van der Waals surface area contributed by atoms with Gasteiger partial charge in [0, 0.05) is 37.7 Å². The number of likely N-dealkylation sites (tertiary alicyclic amines) is 1. The lowest BCUT2D eigenvalue weighted by Gasteiger charge is -2.31. The molecule has 0 radical (unpaired) electrons. The first-order valence-corrected chi connectivity index (χ1v) is 12.8. The number of rotatable bonds is 7. The molecular formula is C26H36N4O5. The third kappa shape index (κ3) is 6.38. The maximum absolute atomic E-state index is 13.0. The Hall–Kier alpha value is -2.97. The van der Waals surface area contributed by atoms with Crippen LogP contribution in [0, 0.1) is 17.8 Å². The molecule has 3 heterocycles. The molecule has 9 heteroatoms. The summed E-state index contributed by atoms with van der Waals surface area (Å²) in [5, 5.41) is 5.84. The van der Waals surface area contributed by atoms with Gasteiger partial charge in [-0.05, 0) is 56.1 Å². The Bertz CT molecular complexity index is 940. The summed E-state index contributed by atoms with van der Waals surface area (Å²) in [5.74, 6) is 0.0128. The highest BCUT2D eigenvalue weighted by molar-refractivity contribution is 6.00. The van der Waals surface area contributed by atoms with E-state index in [9.17, 15) is 19.2 Å². The summed E-state index contributed by atoms with van der Waals surface area (Å²) in [4.78, 5) is 55.0. The van der Waals surface area contributed by atoms with Crippen molar-refractivity contribution in [3.05, 3.63) is 23.9 Å². The van der Waals surface area contributed by atoms with Crippen LogP contribution >= 0.6 is 0 Å². The lowest BCUT2D eigenvalue weighted by molar-refractivity contribution is -0.149. The summed E-state index contributed by atoms with van der Waals surface area (Å²) in [6.07, 6.45) is 6.61. The van der Waals surface area contributed by atoms with Crippen LogP contribution in [0.3, 0.4) is 0 Å². The van der Waals surface area contributed by atoms with E-state index in [1.54, 1.807) is 6.20 Å². The maximum Gasteiger partial charge on any atom is 0.310 e. The fourth-order valence-electron chi connectivity index (χ4n) is 5.18. The number of amides is 3. The number of anilines is 1. The topological polar surface area (TPSA) is 118 Å². The molecule has 0 bridgehead atoms. The van der Waals surface area contributed by atoms with E-state index in [4.69, 9.17) is 4.74 Å². The molecule has 4 rings (SSSR count). The summed E-state index contributed by atoms with van der Waals surface area (Å²) in [6, 6.07) is 4.00. The van der Waals surface area contributed by atoms with Gasteiger partial charge in [0.15, 0.2) is 0 Å². The van der Waals surface area contributed by atoms with Crippen LogP contribution in [0.2, 0.25) is 0 Å². The van der Waals surface area contributed by atoms with Gasteiger partial charge in [0.05, 0.1) is 18.4 Å². The van der Waals surface area contributed by atoms with Crippen LogP contribution in [-0.4, -0.2) is 59.3 Å². The normalized spacial score (nSPS) is 27.0. The Balaban J connectivity index is 1.21. The largest absolute Gasteiger partial charge is 0.465 e. The van der Waals surface area contributed by atoms with Crippen LogP contribution in [0.1, 0.15) is 70.3 Å². The Kier molecular flexibility index (Phi) is 8.03. The SMILES string of the molecule is CC(C)COC(=O)[C@@H]1CCN(C(=O)C2CCC(Nc3ccc(C4CCC(=O)NC4=O)cn3)CC2)C1. The number of hydrogen-bond acceptors (Lipinski definition) is 7. The Morgan fingerprint density at radius 2 is 1.89 bits per heavy atom. The number of aromatic nitrogens is 1. The van der Waals surface area contributed by atoms with Gasteiger partial charge in [-0.2, -0.15) is 0 Å². The highest BCUT2D eigenvalue weighted by Crippen LogP contribution is 2.30. The molecule has 2 aliphatic heterocycles. The summed E-state index contributed by atoms with van der Waals surface area (Å²) in [5.41, 5.74) is 0.812. The second-order valence-corrected chi connectivity index (χ2v) is 10.5. The van der Waals surface area contributed by atoms with Crippen molar-refractivity contribution in [1.29, 1.82) is 0 Å². The molecule has 2 atom stereocenters. The Morgan fingerprint density at radius 1 is 1.11 bits per heavy atom. The van der Waals surface area contributed by atoms with Gasteiger partial charge >= 0.3 is 5.97 Å². The number of nitrogens with one attached hydrogen (secondary N) is 2. The lowest BCUT2D eigenvalue weighted by atomic mass is 9.85. The average molecular weight is 485 g/mol. The van der Waals surface area contributed by atoms with Crippen molar-refractivity contribution in [3.8, 4) is 0 Å². The van der Waals surface area contributed by atoms with Crippen LogP contribution in [0.25, 0.3) is 0 Å². The molecule has 1 aromatic rings. The standard InChI is InChI=1S/C26H36N4O5/c1-16(2)15-35-26(34)19-11-12-30(14-19)25(33)17-3-6-20(7-4-17)28-22-9-5-18(13-27-22)21-8-10-23(31)29-24(21)32/h5,9,13,16-17,19-21H,3-4,6-8,10-12,14-15H2,1-2H3,(H,27,28)(H,29,31,32)/t17?,19-,20?,21?/m1/s1. The Labute approximate surface area is 206 Å². The summed E-state index contributed by atoms with van der Waals surface area (Å²) in [7, 11) is 0. The average Bonchev–Trinajstić information content (AvgIpc) is 3.34. The van der Waals surface area contributed by atoms with Crippen molar-refractivity contribution < 1.29 is 23.9 Å². The molecule has 3 amide bonds. The molecule has 2 N–H and O–H groups in total. The minimum absolute atomic E-state index is 0.00124. The monoisotopic (exact) mass is 484 g/mol. The van der Waals surface area contributed by atoms with Gasteiger partial charge in [-0.25, -0.2) is 4.98 Å². The van der Waals surface area contributed by atoms with Gasteiger partial charge in [-0.3, -0.25) is 24.5 Å². The molecule has 9 nitrogen and oxygen atoms in total. The molecule has 1 aliphatic carbocycles. The molecule has 2 saturated heterocycles. The van der Waals surface area contributed by atoms with Gasteiger partial charge in [0.25, 0.3) is 0 Å². The van der Waals surface area contributed by atoms with Crippen LogP contribution < -0.4 is 10.6 Å². The van der Waals surface area contributed by atoms with E-state index in [2.05, 4.69) is 15.6 Å². The molecule has 0 spiro atoms. The first-order valence-electron chi connectivity index (χ1n) is 12.8. The van der Waals surface area contributed by atoms with Crippen LogP contribution in [0.5, 0.6) is 0 Å². The van der Waals surface area contributed by atoms with Crippen molar-refractivity contribution in [2.75, 3.05) is 25.0 Å². The third-order valence-electron chi connectivity index (χ3n) is 7.25. The fraction of sp³-hybridized carbons (Fsp3) is 0.654. The highest BCUT2D eigenvalue weighted by atomic mass is 16.5. The van der Waals surface area contributed by atoms with E-state index in [-0.39, 0.29) is 47.5 Å². The predicted molar refractivity (Wildman–Crippen MR) is 129 cm³/mol. The molecule has 35 heavy (non-hydrogen) atoms. The molecular weight excluding hydrogens is 448 g/mol.